The number of amides is 1. The molecular formula is C19H19NO2. The zero-order valence-corrected chi connectivity index (χ0v) is 12.9. The molecule has 0 N–H and O–H groups in total. The van der Waals surface area contributed by atoms with Gasteiger partial charge in [-0.3, -0.25) is 4.79 Å². The number of carbonyl (C=O) groups excluding carboxylic acids is 1. The number of ether oxygens (including phenoxy) is 1. The van der Waals surface area contributed by atoms with Crippen LogP contribution in [0.3, 0.4) is 0 Å². The average molecular weight is 293 g/mol. The van der Waals surface area contributed by atoms with Gasteiger partial charge in [-0.25, -0.2) is 0 Å². The maximum atomic E-state index is 12.5. The molecule has 0 saturated heterocycles. The first kappa shape index (κ1) is 14.4. The summed E-state index contributed by atoms with van der Waals surface area (Å²) in [6, 6.07) is 14.0. The molecule has 1 heterocycles. The molecule has 1 amide bonds. The predicted octanol–water partition coefficient (Wildman–Crippen LogP) is 3.74. The van der Waals surface area contributed by atoms with E-state index in [4.69, 9.17) is 4.74 Å². The van der Waals surface area contributed by atoms with Gasteiger partial charge in [0.25, 0.3) is 5.91 Å². The van der Waals surface area contributed by atoms with E-state index in [0.29, 0.717) is 13.2 Å². The number of hydrogen-bond donors (Lipinski definition) is 0. The average Bonchev–Trinajstić information content (AvgIpc) is 2.53. The number of carbonyl (C=O) groups is 1. The van der Waals surface area contributed by atoms with E-state index in [1.54, 1.807) is 11.0 Å². The van der Waals surface area contributed by atoms with Gasteiger partial charge in [0.2, 0.25) is 0 Å². The molecule has 2 aromatic carbocycles. The number of hydrogen-bond acceptors (Lipinski definition) is 2. The molecule has 0 saturated carbocycles. The van der Waals surface area contributed by atoms with Crippen LogP contribution in [0.5, 0.6) is 5.75 Å². The van der Waals surface area contributed by atoms with Crippen molar-refractivity contribution >= 4 is 17.7 Å². The first-order chi connectivity index (χ1) is 10.6. The second kappa shape index (κ2) is 6.06. The summed E-state index contributed by atoms with van der Waals surface area (Å²) in [4.78, 5) is 14.3. The number of rotatable bonds is 2. The van der Waals surface area contributed by atoms with Crippen molar-refractivity contribution in [2.45, 2.75) is 13.8 Å². The van der Waals surface area contributed by atoms with Gasteiger partial charge in [0.05, 0.1) is 12.2 Å². The third-order valence-corrected chi connectivity index (χ3v) is 3.74. The monoisotopic (exact) mass is 293 g/mol. The van der Waals surface area contributed by atoms with Crippen molar-refractivity contribution in [3.05, 3.63) is 65.2 Å². The molecule has 112 valence electrons. The predicted molar refractivity (Wildman–Crippen MR) is 89.2 cm³/mol. The molecule has 0 aliphatic carbocycles. The van der Waals surface area contributed by atoms with Crippen molar-refractivity contribution in [2.24, 2.45) is 0 Å². The minimum atomic E-state index is -0.0178. The van der Waals surface area contributed by atoms with Crippen LogP contribution in [0.2, 0.25) is 0 Å². The summed E-state index contributed by atoms with van der Waals surface area (Å²) >= 11 is 0. The van der Waals surface area contributed by atoms with Gasteiger partial charge >= 0.3 is 0 Å². The Labute approximate surface area is 130 Å². The fraction of sp³-hybridized carbons (Fsp3) is 0.211. The van der Waals surface area contributed by atoms with Crippen LogP contribution in [0, 0.1) is 13.8 Å². The standard InChI is InChI=1S/C19H19NO2/c1-14-3-6-16(7-4-14)8-10-19(21)20-11-12-22-18-9-5-15(2)13-17(18)20/h3-10,13H,11-12H2,1-2H3/b10-8+. The van der Waals surface area contributed by atoms with Crippen LogP contribution >= 0.6 is 0 Å². The smallest absolute Gasteiger partial charge is 0.251 e. The molecule has 0 spiro atoms. The van der Waals surface area contributed by atoms with Crippen molar-refractivity contribution < 1.29 is 9.53 Å². The number of anilines is 1. The zero-order valence-electron chi connectivity index (χ0n) is 12.9. The number of benzene rings is 2. The van der Waals surface area contributed by atoms with Gasteiger partial charge in [0, 0.05) is 6.08 Å². The zero-order chi connectivity index (χ0) is 15.5. The summed E-state index contributed by atoms with van der Waals surface area (Å²) in [7, 11) is 0. The molecule has 2 aromatic rings. The minimum absolute atomic E-state index is 0.0178. The Morgan fingerprint density at radius 1 is 1.09 bits per heavy atom. The van der Waals surface area contributed by atoms with Crippen LogP contribution < -0.4 is 9.64 Å². The molecule has 0 unspecified atom stereocenters. The fourth-order valence-electron chi connectivity index (χ4n) is 2.49. The summed E-state index contributed by atoms with van der Waals surface area (Å²) in [6.07, 6.45) is 3.48. The first-order valence-corrected chi connectivity index (χ1v) is 7.43. The van der Waals surface area contributed by atoms with Crippen molar-refractivity contribution in [1.29, 1.82) is 0 Å². The lowest BCUT2D eigenvalue weighted by atomic mass is 10.1. The van der Waals surface area contributed by atoms with Crippen LogP contribution in [0.4, 0.5) is 5.69 Å². The van der Waals surface area contributed by atoms with Gasteiger partial charge in [-0.15, -0.1) is 0 Å². The number of nitrogens with zero attached hydrogens (tertiary/aromatic N) is 1. The maximum absolute atomic E-state index is 12.5. The van der Waals surface area contributed by atoms with Crippen LogP contribution in [0.1, 0.15) is 16.7 Å². The molecule has 22 heavy (non-hydrogen) atoms. The molecule has 3 rings (SSSR count). The van der Waals surface area contributed by atoms with Crippen molar-refractivity contribution in [3.8, 4) is 5.75 Å². The quantitative estimate of drug-likeness (QED) is 0.789. The van der Waals surface area contributed by atoms with Crippen molar-refractivity contribution in [2.75, 3.05) is 18.1 Å². The molecule has 0 bridgehead atoms. The van der Waals surface area contributed by atoms with E-state index in [1.165, 1.54) is 5.56 Å². The van der Waals surface area contributed by atoms with E-state index in [9.17, 15) is 4.79 Å². The largest absolute Gasteiger partial charge is 0.490 e. The highest BCUT2D eigenvalue weighted by molar-refractivity contribution is 6.05. The van der Waals surface area contributed by atoms with Crippen LogP contribution in [-0.2, 0) is 4.79 Å². The van der Waals surface area contributed by atoms with Gasteiger partial charge in [-0.1, -0.05) is 35.9 Å². The summed E-state index contributed by atoms with van der Waals surface area (Å²) < 4.78 is 5.62. The Bertz CT molecular complexity index is 717. The second-order valence-electron chi connectivity index (χ2n) is 5.55. The molecule has 0 fully saturated rings. The normalized spacial score (nSPS) is 13.8. The van der Waals surface area contributed by atoms with E-state index in [-0.39, 0.29) is 5.91 Å². The molecule has 3 heteroatoms. The molecule has 3 nitrogen and oxygen atoms in total. The number of aryl methyl sites for hydroxylation is 2. The molecule has 0 aromatic heterocycles. The molecule has 0 atom stereocenters. The second-order valence-corrected chi connectivity index (χ2v) is 5.55. The van der Waals surface area contributed by atoms with E-state index in [0.717, 1.165) is 22.6 Å². The van der Waals surface area contributed by atoms with E-state index >= 15 is 0 Å². The Morgan fingerprint density at radius 2 is 1.82 bits per heavy atom. The van der Waals surface area contributed by atoms with Crippen LogP contribution in [0.15, 0.2) is 48.5 Å². The van der Waals surface area contributed by atoms with Gasteiger partial charge in [-0.05, 0) is 43.2 Å². The van der Waals surface area contributed by atoms with E-state index in [1.807, 2.05) is 62.4 Å². The molecular weight excluding hydrogens is 274 g/mol. The van der Waals surface area contributed by atoms with Gasteiger partial charge in [0.1, 0.15) is 12.4 Å². The van der Waals surface area contributed by atoms with E-state index in [2.05, 4.69) is 0 Å². The van der Waals surface area contributed by atoms with Gasteiger partial charge in [-0.2, -0.15) is 0 Å². The summed E-state index contributed by atoms with van der Waals surface area (Å²) in [5.74, 6) is 0.754. The highest BCUT2D eigenvalue weighted by Gasteiger charge is 2.22. The summed E-state index contributed by atoms with van der Waals surface area (Å²) in [5.41, 5.74) is 4.20. The van der Waals surface area contributed by atoms with Gasteiger partial charge < -0.3 is 9.64 Å². The van der Waals surface area contributed by atoms with Crippen LogP contribution in [-0.4, -0.2) is 19.1 Å². The first-order valence-electron chi connectivity index (χ1n) is 7.43. The number of fused-ring (bicyclic) bond motifs is 1. The maximum Gasteiger partial charge on any atom is 0.251 e. The Morgan fingerprint density at radius 3 is 2.59 bits per heavy atom. The summed E-state index contributed by atoms with van der Waals surface area (Å²) in [5, 5.41) is 0. The third kappa shape index (κ3) is 3.03. The Kier molecular flexibility index (Phi) is 3.96. The lowest BCUT2D eigenvalue weighted by Crippen LogP contribution is -2.36. The van der Waals surface area contributed by atoms with Crippen molar-refractivity contribution in [3.63, 3.8) is 0 Å². The van der Waals surface area contributed by atoms with Crippen LogP contribution in [0.25, 0.3) is 6.08 Å². The summed E-state index contributed by atoms with van der Waals surface area (Å²) in [6.45, 7) is 5.17. The minimum Gasteiger partial charge on any atom is -0.490 e. The lowest BCUT2D eigenvalue weighted by molar-refractivity contribution is -0.114. The highest BCUT2D eigenvalue weighted by atomic mass is 16.5. The van der Waals surface area contributed by atoms with Crippen molar-refractivity contribution in [1.82, 2.24) is 0 Å². The fourth-order valence-corrected chi connectivity index (χ4v) is 2.49. The molecule has 0 radical (unpaired) electrons. The molecule has 1 aliphatic heterocycles. The Hall–Kier alpha value is -2.55. The highest BCUT2D eigenvalue weighted by Crippen LogP contribution is 2.32. The van der Waals surface area contributed by atoms with Gasteiger partial charge in [0.15, 0.2) is 0 Å². The SMILES string of the molecule is Cc1ccc(/C=C/C(=O)N2CCOc3ccc(C)cc32)cc1. The third-order valence-electron chi connectivity index (χ3n) is 3.74. The Balaban J connectivity index is 1.81. The van der Waals surface area contributed by atoms with E-state index < -0.39 is 0 Å². The topological polar surface area (TPSA) is 29.5 Å². The molecule has 1 aliphatic rings. The lowest BCUT2D eigenvalue weighted by Gasteiger charge is -2.29.